The van der Waals surface area contributed by atoms with Crippen LogP contribution in [0.3, 0.4) is 0 Å². The zero-order valence-electron chi connectivity index (χ0n) is 14.0. The van der Waals surface area contributed by atoms with E-state index in [4.69, 9.17) is 5.73 Å². The molecule has 0 fully saturated rings. The zero-order chi connectivity index (χ0) is 19.5. The van der Waals surface area contributed by atoms with Gasteiger partial charge in [-0.2, -0.15) is 18.2 Å². The lowest BCUT2D eigenvalue weighted by atomic mass is 10.0. The second-order valence-corrected chi connectivity index (χ2v) is 5.70. The normalized spacial score (nSPS) is 12.8. The predicted octanol–water partition coefficient (Wildman–Crippen LogP) is 2.70. The van der Waals surface area contributed by atoms with Gasteiger partial charge in [0.2, 0.25) is 11.8 Å². The summed E-state index contributed by atoms with van der Waals surface area (Å²) in [6, 6.07) is 4.60. The third-order valence-corrected chi connectivity index (χ3v) is 3.67. The Morgan fingerprint density at radius 1 is 1.38 bits per heavy atom. The minimum absolute atomic E-state index is 0.0481. The van der Waals surface area contributed by atoms with Crippen LogP contribution in [0.25, 0.3) is 0 Å². The van der Waals surface area contributed by atoms with Gasteiger partial charge in [-0.3, -0.25) is 10.1 Å². The Balaban J connectivity index is 2.20. The van der Waals surface area contributed by atoms with Crippen molar-refractivity contribution in [3.05, 3.63) is 51.7 Å². The molecule has 1 unspecified atom stereocenters. The smallest absolute Gasteiger partial charge is 0.378 e. The number of alkyl halides is 3. The van der Waals surface area contributed by atoms with Gasteiger partial charge >= 0.3 is 11.9 Å². The first-order valence-corrected chi connectivity index (χ1v) is 7.44. The Kier molecular flexibility index (Phi) is 5.60. The maximum absolute atomic E-state index is 12.9. The Labute approximate surface area is 147 Å². The third-order valence-electron chi connectivity index (χ3n) is 3.67. The number of hydrogen-bond donors (Lipinski definition) is 2. The van der Waals surface area contributed by atoms with Crippen molar-refractivity contribution in [3.63, 3.8) is 0 Å². The van der Waals surface area contributed by atoms with E-state index in [1.54, 1.807) is 25.1 Å². The molecule has 0 bridgehead atoms. The maximum Gasteiger partial charge on any atom is 0.416 e. The summed E-state index contributed by atoms with van der Waals surface area (Å²) in [5, 5.41) is 13.6. The summed E-state index contributed by atoms with van der Waals surface area (Å²) in [5.74, 6) is -0.250. The number of halogens is 3. The summed E-state index contributed by atoms with van der Waals surface area (Å²) in [6.07, 6.45) is -3.46. The molecule has 0 aliphatic heterocycles. The van der Waals surface area contributed by atoms with Crippen molar-refractivity contribution in [2.24, 2.45) is 0 Å². The summed E-state index contributed by atoms with van der Waals surface area (Å²) in [7, 11) is 3.44. The lowest BCUT2D eigenvalue weighted by Crippen LogP contribution is -2.27. The van der Waals surface area contributed by atoms with E-state index < -0.39 is 28.4 Å². The van der Waals surface area contributed by atoms with Gasteiger partial charge in [0.05, 0.1) is 16.5 Å². The first-order valence-electron chi connectivity index (χ1n) is 7.44. The number of rotatable bonds is 6. The minimum atomic E-state index is -4.43. The Bertz CT molecular complexity index is 797. The van der Waals surface area contributed by atoms with E-state index in [2.05, 4.69) is 15.3 Å². The fourth-order valence-corrected chi connectivity index (χ4v) is 2.32. The van der Waals surface area contributed by atoms with E-state index in [9.17, 15) is 23.3 Å². The van der Waals surface area contributed by atoms with Crippen molar-refractivity contribution in [1.82, 2.24) is 14.9 Å². The first-order chi connectivity index (χ1) is 12.1. The summed E-state index contributed by atoms with van der Waals surface area (Å²) in [5.41, 5.74) is 4.79. The lowest BCUT2D eigenvalue weighted by Gasteiger charge is -2.25. The fourth-order valence-electron chi connectivity index (χ4n) is 2.32. The molecule has 2 aromatic rings. The molecule has 1 aromatic heterocycles. The molecule has 11 heteroatoms. The van der Waals surface area contributed by atoms with Crippen LogP contribution in [0.15, 0.2) is 30.5 Å². The Morgan fingerprint density at radius 3 is 2.62 bits per heavy atom. The number of nitrogens with one attached hydrogen (secondary N) is 1. The van der Waals surface area contributed by atoms with Crippen molar-refractivity contribution in [3.8, 4) is 0 Å². The molecule has 0 saturated heterocycles. The van der Waals surface area contributed by atoms with Crippen molar-refractivity contribution in [2.75, 3.05) is 31.7 Å². The van der Waals surface area contributed by atoms with Gasteiger partial charge in [-0.15, -0.1) is 0 Å². The molecular formula is C15H17F3N6O2. The summed E-state index contributed by atoms with van der Waals surface area (Å²) >= 11 is 0. The number of nitro groups is 1. The summed E-state index contributed by atoms with van der Waals surface area (Å²) in [4.78, 5) is 19.3. The number of nitrogen functional groups attached to an aromatic ring is 1. The van der Waals surface area contributed by atoms with Crippen molar-refractivity contribution >= 4 is 17.5 Å². The molecule has 0 radical (unpaired) electrons. The number of aromatic nitrogens is 2. The highest BCUT2D eigenvalue weighted by molar-refractivity contribution is 5.53. The van der Waals surface area contributed by atoms with Crippen LogP contribution in [0.5, 0.6) is 0 Å². The second kappa shape index (κ2) is 7.52. The van der Waals surface area contributed by atoms with Gasteiger partial charge < -0.3 is 16.0 Å². The molecule has 0 amide bonds. The standard InChI is InChI=1S/C15H17F3N6O2/c1-23(2)11(9-4-3-5-10(6-9)15(16,17)18)7-20-14-21-8-12(24(25)26)13(19)22-14/h3-6,8,11H,7H2,1-2H3,(H3,19,20,21,22). The van der Waals surface area contributed by atoms with Gasteiger partial charge in [-0.05, 0) is 31.8 Å². The fraction of sp³-hybridized carbons (Fsp3) is 0.333. The van der Waals surface area contributed by atoms with Gasteiger partial charge in [0.15, 0.2) is 0 Å². The molecular weight excluding hydrogens is 353 g/mol. The third kappa shape index (κ3) is 4.57. The van der Waals surface area contributed by atoms with E-state index in [0.29, 0.717) is 5.56 Å². The summed E-state index contributed by atoms with van der Waals surface area (Å²) in [6.45, 7) is 0.172. The molecule has 26 heavy (non-hydrogen) atoms. The van der Waals surface area contributed by atoms with E-state index in [1.807, 2.05) is 0 Å². The predicted molar refractivity (Wildman–Crippen MR) is 89.5 cm³/mol. The molecule has 0 spiro atoms. The van der Waals surface area contributed by atoms with Crippen LogP contribution in [-0.4, -0.2) is 40.4 Å². The topological polar surface area (TPSA) is 110 Å². The summed E-state index contributed by atoms with van der Waals surface area (Å²) < 4.78 is 38.7. The van der Waals surface area contributed by atoms with Crippen molar-refractivity contribution < 1.29 is 18.1 Å². The molecule has 1 atom stereocenters. The SMILES string of the molecule is CN(C)C(CNc1ncc([N+](=O)[O-])c(N)n1)c1cccc(C(F)(F)F)c1. The number of likely N-dealkylation sites (N-methyl/N-ethyl adjacent to an activating group) is 1. The van der Waals surface area contributed by atoms with Crippen LogP contribution in [0.2, 0.25) is 0 Å². The van der Waals surface area contributed by atoms with Crippen molar-refractivity contribution in [2.45, 2.75) is 12.2 Å². The van der Waals surface area contributed by atoms with Crippen LogP contribution in [-0.2, 0) is 6.18 Å². The molecule has 8 nitrogen and oxygen atoms in total. The van der Waals surface area contributed by atoms with E-state index >= 15 is 0 Å². The van der Waals surface area contributed by atoms with Crippen LogP contribution in [0.4, 0.5) is 30.6 Å². The first kappa shape index (κ1) is 19.4. The van der Waals surface area contributed by atoms with Crippen LogP contribution >= 0.6 is 0 Å². The van der Waals surface area contributed by atoms with Gasteiger partial charge in [0.25, 0.3) is 0 Å². The van der Waals surface area contributed by atoms with E-state index in [-0.39, 0.29) is 18.3 Å². The molecule has 1 aromatic carbocycles. The molecule has 0 aliphatic carbocycles. The van der Waals surface area contributed by atoms with Crippen LogP contribution in [0.1, 0.15) is 17.2 Å². The minimum Gasteiger partial charge on any atom is -0.378 e. The second-order valence-electron chi connectivity index (χ2n) is 5.70. The highest BCUT2D eigenvalue weighted by atomic mass is 19.4. The Hall–Kier alpha value is -2.95. The highest BCUT2D eigenvalue weighted by Gasteiger charge is 2.31. The van der Waals surface area contributed by atoms with Gasteiger partial charge in [0, 0.05) is 6.54 Å². The van der Waals surface area contributed by atoms with Gasteiger partial charge in [0.1, 0.15) is 6.20 Å². The number of benzene rings is 1. The molecule has 3 N–H and O–H groups in total. The zero-order valence-corrected chi connectivity index (χ0v) is 14.0. The number of nitrogens with two attached hydrogens (primary N) is 1. The monoisotopic (exact) mass is 370 g/mol. The van der Waals surface area contributed by atoms with Crippen LogP contribution < -0.4 is 11.1 Å². The van der Waals surface area contributed by atoms with E-state index in [0.717, 1.165) is 18.3 Å². The van der Waals surface area contributed by atoms with E-state index in [1.165, 1.54) is 6.07 Å². The Morgan fingerprint density at radius 2 is 2.08 bits per heavy atom. The number of hydrogen-bond acceptors (Lipinski definition) is 7. The number of anilines is 2. The molecule has 140 valence electrons. The highest BCUT2D eigenvalue weighted by Crippen LogP contribution is 2.31. The number of nitrogens with zero attached hydrogens (tertiary/aromatic N) is 4. The average Bonchev–Trinajstić information content (AvgIpc) is 2.54. The maximum atomic E-state index is 12.9. The van der Waals surface area contributed by atoms with Crippen LogP contribution in [0, 0.1) is 10.1 Å². The average molecular weight is 370 g/mol. The molecule has 0 saturated carbocycles. The lowest BCUT2D eigenvalue weighted by molar-refractivity contribution is -0.384. The van der Waals surface area contributed by atoms with Gasteiger partial charge in [-0.1, -0.05) is 12.1 Å². The van der Waals surface area contributed by atoms with Gasteiger partial charge in [-0.25, -0.2) is 4.98 Å². The molecule has 1 heterocycles. The molecule has 0 aliphatic rings. The van der Waals surface area contributed by atoms with Crippen molar-refractivity contribution in [1.29, 1.82) is 0 Å². The largest absolute Gasteiger partial charge is 0.416 e. The quantitative estimate of drug-likeness (QED) is 0.594. The molecule has 2 rings (SSSR count).